The summed E-state index contributed by atoms with van der Waals surface area (Å²) < 4.78 is 5.05. The van der Waals surface area contributed by atoms with Gasteiger partial charge in [0, 0.05) is 32.8 Å². The highest BCUT2D eigenvalue weighted by atomic mass is 16.5. The van der Waals surface area contributed by atoms with Gasteiger partial charge in [-0.15, -0.1) is 6.58 Å². The van der Waals surface area contributed by atoms with E-state index in [0.717, 1.165) is 26.1 Å². The Labute approximate surface area is 106 Å². The fraction of sp³-hybridized carbons (Fsp3) is 0.857. The summed E-state index contributed by atoms with van der Waals surface area (Å²) in [6.07, 6.45) is 5.19. The second kappa shape index (κ2) is 8.67. The van der Waals surface area contributed by atoms with Crippen LogP contribution in [0.4, 0.5) is 0 Å². The van der Waals surface area contributed by atoms with Crippen LogP contribution in [0.25, 0.3) is 0 Å². The van der Waals surface area contributed by atoms with Crippen molar-refractivity contribution in [2.45, 2.75) is 38.6 Å². The van der Waals surface area contributed by atoms with Crippen LogP contribution in [0.15, 0.2) is 12.2 Å². The van der Waals surface area contributed by atoms with Crippen molar-refractivity contribution >= 4 is 0 Å². The molecule has 1 rings (SSSR count). The zero-order chi connectivity index (χ0) is 12.5. The van der Waals surface area contributed by atoms with Crippen LogP contribution in [0.2, 0.25) is 0 Å². The average molecular weight is 240 g/mol. The second-order valence-corrected chi connectivity index (χ2v) is 5.09. The molecule has 1 fully saturated rings. The van der Waals surface area contributed by atoms with Gasteiger partial charge in [0.15, 0.2) is 0 Å². The van der Waals surface area contributed by atoms with E-state index in [9.17, 15) is 0 Å². The summed E-state index contributed by atoms with van der Waals surface area (Å²) in [6, 6.07) is 0.708. The summed E-state index contributed by atoms with van der Waals surface area (Å²) in [4.78, 5) is 2.62. The predicted molar refractivity (Wildman–Crippen MR) is 73.4 cm³/mol. The molecule has 1 heterocycles. The fourth-order valence-corrected chi connectivity index (χ4v) is 2.36. The Morgan fingerprint density at radius 1 is 1.47 bits per heavy atom. The number of nitrogens with zero attached hydrogens (tertiary/aromatic N) is 1. The number of nitrogens with one attached hydrogen (secondary N) is 1. The van der Waals surface area contributed by atoms with E-state index in [2.05, 4.69) is 23.7 Å². The van der Waals surface area contributed by atoms with Gasteiger partial charge in [-0.3, -0.25) is 4.90 Å². The lowest BCUT2D eigenvalue weighted by atomic mass is 10.0. The molecule has 3 nitrogen and oxygen atoms in total. The molecule has 3 heteroatoms. The Morgan fingerprint density at radius 2 is 2.29 bits per heavy atom. The maximum Gasteiger partial charge on any atom is 0.0587 e. The highest BCUT2D eigenvalue weighted by Gasteiger charge is 2.21. The molecule has 1 N–H and O–H groups in total. The molecular weight excluding hydrogens is 212 g/mol. The van der Waals surface area contributed by atoms with Gasteiger partial charge in [0.1, 0.15) is 0 Å². The van der Waals surface area contributed by atoms with E-state index in [-0.39, 0.29) is 0 Å². The first kappa shape index (κ1) is 14.7. The lowest BCUT2D eigenvalue weighted by Crippen LogP contribution is -2.46. The summed E-state index contributed by atoms with van der Waals surface area (Å²) in [7, 11) is 1.75. The van der Waals surface area contributed by atoms with Gasteiger partial charge in [-0.2, -0.15) is 0 Å². The van der Waals surface area contributed by atoms with Crippen LogP contribution in [0.3, 0.4) is 0 Å². The number of hydrogen-bond donors (Lipinski definition) is 1. The molecule has 1 aliphatic rings. The molecule has 100 valence electrons. The predicted octanol–water partition coefficient (Wildman–Crippen LogP) is 2.04. The fourth-order valence-electron chi connectivity index (χ4n) is 2.36. The van der Waals surface area contributed by atoms with E-state index in [1.807, 2.05) is 0 Å². The Morgan fingerprint density at radius 3 is 3.00 bits per heavy atom. The molecule has 0 aliphatic carbocycles. The number of rotatable bonds is 8. The third-order valence-electron chi connectivity index (χ3n) is 3.44. The highest BCUT2D eigenvalue weighted by molar-refractivity contribution is 4.90. The van der Waals surface area contributed by atoms with Crippen molar-refractivity contribution in [2.24, 2.45) is 0 Å². The van der Waals surface area contributed by atoms with Gasteiger partial charge in [-0.05, 0) is 32.7 Å². The third-order valence-corrected chi connectivity index (χ3v) is 3.44. The minimum absolute atomic E-state index is 0.708. The van der Waals surface area contributed by atoms with Gasteiger partial charge in [0.2, 0.25) is 0 Å². The summed E-state index contributed by atoms with van der Waals surface area (Å²) in [5.41, 5.74) is 1.29. The molecule has 0 bridgehead atoms. The minimum Gasteiger partial charge on any atom is -0.383 e. The smallest absolute Gasteiger partial charge is 0.0587 e. The van der Waals surface area contributed by atoms with E-state index in [1.165, 1.54) is 37.9 Å². The van der Waals surface area contributed by atoms with E-state index in [1.54, 1.807) is 7.11 Å². The van der Waals surface area contributed by atoms with E-state index >= 15 is 0 Å². The van der Waals surface area contributed by atoms with Crippen molar-refractivity contribution in [1.29, 1.82) is 0 Å². The molecule has 1 aliphatic heterocycles. The molecule has 0 amide bonds. The Bertz CT molecular complexity index is 218. The SMILES string of the molecule is C=C(C)CCN1CCCCC1CNCCOC. The number of ether oxygens (including phenoxy) is 1. The normalized spacial score (nSPS) is 21.6. The molecule has 0 spiro atoms. The molecule has 0 radical (unpaired) electrons. The van der Waals surface area contributed by atoms with Crippen LogP contribution < -0.4 is 5.32 Å². The third kappa shape index (κ3) is 6.20. The monoisotopic (exact) mass is 240 g/mol. The first-order valence-electron chi connectivity index (χ1n) is 6.82. The Kier molecular flexibility index (Phi) is 7.49. The molecule has 1 saturated heterocycles. The molecule has 0 aromatic rings. The van der Waals surface area contributed by atoms with Crippen molar-refractivity contribution in [3.05, 3.63) is 12.2 Å². The van der Waals surface area contributed by atoms with Crippen molar-refractivity contribution < 1.29 is 4.74 Å². The number of methoxy groups -OCH3 is 1. The lowest BCUT2D eigenvalue weighted by molar-refractivity contribution is 0.142. The molecule has 1 atom stereocenters. The quantitative estimate of drug-likeness (QED) is 0.519. The van der Waals surface area contributed by atoms with Crippen LogP contribution in [0, 0.1) is 0 Å². The van der Waals surface area contributed by atoms with Crippen molar-refractivity contribution in [1.82, 2.24) is 10.2 Å². The Hall–Kier alpha value is -0.380. The molecular formula is C14H28N2O. The molecule has 1 unspecified atom stereocenters. The van der Waals surface area contributed by atoms with E-state index in [4.69, 9.17) is 4.74 Å². The largest absolute Gasteiger partial charge is 0.383 e. The first-order chi connectivity index (χ1) is 8.24. The van der Waals surface area contributed by atoms with Gasteiger partial charge in [0.25, 0.3) is 0 Å². The van der Waals surface area contributed by atoms with E-state index < -0.39 is 0 Å². The summed E-state index contributed by atoms with van der Waals surface area (Å²) >= 11 is 0. The van der Waals surface area contributed by atoms with Crippen LogP contribution in [-0.2, 0) is 4.74 Å². The minimum atomic E-state index is 0.708. The first-order valence-corrected chi connectivity index (χ1v) is 6.82. The van der Waals surface area contributed by atoms with Gasteiger partial charge >= 0.3 is 0 Å². The number of hydrogen-bond acceptors (Lipinski definition) is 3. The maximum atomic E-state index is 5.05. The molecule has 17 heavy (non-hydrogen) atoms. The molecule has 0 saturated carbocycles. The summed E-state index contributed by atoms with van der Waals surface area (Å²) in [5, 5.41) is 3.48. The van der Waals surface area contributed by atoms with Crippen LogP contribution in [0.5, 0.6) is 0 Å². The van der Waals surface area contributed by atoms with Crippen LogP contribution >= 0.6 is 0 Å². The van der Waals surface area contributed by atoms with Gasteiger partial charge in [-0.1, -0.05) is 12.0 Å². The Balaban J connectivity index is 2.24. The lowest BCUT2D eigenvalue weighted by Gasteiger charge is -2.36. The standard InChI is InChI=1S/C14H28N2O/c1-13(2)7-10-16-9-5-4-6-14(16)12-15-8-11-17-3/h14-15H,1,4-12H2,2-3H3. The van der Waals surface area contributed by atoms with E-state index in [0.29, 0.717) is 6.04 Å². The number of likely N-dealkylation sites (tertiary alicyclic amines) is 1. The van der Waals surface area contributed by atoms with Crippen LogP contribution in [0.1, 0.15) is 32.6 Å². The zero-order valence-corrected chi connectivity index (χ0v) is 11.5. The molecule has 0 aromatic carbocycles. The number of piperidine rings is 1. The van der Waals surface area contributed by atoms with Crippen molar-refractivity contribution in [3.8, 4) is 0 Å². The zero-order valence-electron chi connectivity index (χ0n) is 11.5. The molecule has 0 aromatic heterocycles. The van der Waals surface area contributed by atoms with Crippen LogP contribution in [-0.4, -0.2) is 50.8 Å². The van der Waals surface area contributed by atoms with Gasteiger partial charge in [0.05, 0.1) is 6.61 Å². The van der Waals surface area contributed by atoms with Gasteiger partial charge in [-0.25, -0.2) is 0 Å². The van der Waals surface area contributed by atoms with Crippen molar-refractivity contribution in [3.63, 3.8) is 0 Å². The van der Waals surface area contributed by atoms with Gasteiger partial charge < -0.3 is 10.1 Å². The van der Waals surface area contributed by atoms with Crippen molar-refractivity contribution in [2.75, 3.05) is 39.9 Å². The summed E-state index contributed by atoms with van der Waals surface area (Å²) in [5.74, 6) is 0. The highest BCUT2D eigenvalue weighted by Crippen LogP contribution is 2.17. The summed E-state index contributed by atoms with van der Waals surface area (Å²) in [6.45, 7) is 11.4. The average Bonchev–Trinajstić information content (AvgIpc) is 2.33. The maximum absolute atomic E-state index is 5.05. The second-order valence-electron chi connectivity index (χ2n) is 5.09. The topological polar surface area (TPSA) is 24.5 Å².